The molecule has 1 fully saturated rings. The van der Waals surface area contributed by atoms with Crippen LogP contribution in [0.3, 0.4) is 0 Å². The third-order valence-corrected chi connectivity index (χ3v) is 4.45. The second-order valence-corrected chi connectivity index (χ2v) is 6.21. The van der Waals surface area contributed by atoms with E-state index in [-0.39, 0.29) is 6.03 Å². The number of carbonyl (C=O) groups is 1. The molecule has 5 heteroatoms. The van der Waals surface area contributed by atoms with E-state index in [2.05, 4.69) is 34.6 Å². The lowest BCUT2D eigenvalue weighted by Gasteiger charge is -2.18. The van der Waals surface area contributed by atoms with Crippen molar-refractivity contribution in [3.8, 4) is 5.88 Å². The van der Waals surface area contributed by atoms with Gasteiger partial charge < -0.3 is 15.0 Å². The molecule has 5 nitrogen and oxygen atoms in total. The zero-order valence-corrected chi connectivity index (χ0v) is 14.2. The van der Waals surface area contributed by atoms with Crippen LogP contribution in [0.1, 0.15) is 17.7 Å². The molecule has 1 unspecified atom stereocenters. The fraction of sp³-hybridized carbons (Fsp3) is 0.368. The summed E-state index contributed by atoms with van der Waals surface area (Å²) in [6.45, 7) is 3.45. The van der Waals surface area contributed by atoms with Gasteiger partial charge >= 0.3 is 6.03 Å². The summed E-state index contributed by atoms with van der Waals surface area (Å²) in [5.41, 5.74) is 2.81. The summed E-state index contributed by atoms with van der Waals surface area (Å²) in [4.78, 5) is 18.6. The van der Waals surface area contributed by atoms with Crippen molar-refractivity contribution < 1.29 is 9.53 Å². The fourth-order valence-electron chi connectivity index (χ4n) is 3.11. The van der Waals surface area contributed by atoms with E-state index >= 15 is 0 Å². The number of urea groups is 1. The Morgan fingerprint density at radius 1 is 1.29 bits per heavy atom. The first-order chi connectivity index (χ1) is 11.7. The van der Waals surface area contributed by atoms with E-state index in [4.69, 9.17) is 4.74 Å². The van der Waals surface area contributed by atoms with E-state index in [1.807, 2.05) is 24.0 Å². The molecule has 0 aliphatic carbocycles. The summed E-state index contributed by atoms with van der Waals surface area (Å²) < 4.78 is 5.09. The van der Waals surface area contributed by atoms with Gasteiger partial charge in [0.2, 0.25) is 5.88 Å². The van der Waals surface area contributed by atoms with Crippen LogP contribution in [0.15, 0.2) is 42.5 Å². The molecule has 0 saturated carbocycles. The number of hydrogen-bond donors (Lipinski definition) is 1. The van der Waals surface area contributed by atoms with Gasteiger partial charge in [-0.1, -0.05) is 30.3 Å². The highest BCUT2D eigenvalue weighted by Gasteiger charge is 2.26. The van der Waals surface area contributed by atoms with Gasteiger partial charge in [-0.25, -0.2) is 9.78 Å². The zero-order valence-electron chi connectivity index (χ0n) is 14.2. The maximum Gasteiger partial charge on any atom is 0.321 e. The summed E-state index contributed by atoms with van der Waals surface area (Å²) in [6.07, 6.45) is 2.07. The third kappa shape index (κ3) is 3.85. The standard InChI is InChI=1S/C19H23N3O2/c1-14-17(8-9-18(20-14)24-2)21-19(23)22-11-10-16(13-22)12-15-6-4-3-5-7-15/h3-9,16H,10-13H2,1-2H3,(H,21,23). The van der Waals surface area contributed by atoms with Crippen molar-refractivity contribution in [2.75, 3.05) is 25.5 Å². The number of methoxy groups -OCH3 is 1. The average Bonchev–Trinajstić information content (AvgIpc) is 3.06. The van der Waals surface area contributed by atoms with Gasteiger partial charge in [0.05, 0.1) is 18.5 Å². The van der Waals surface area contributed by atoms with E-state index in [0.717, 1.165) is 37.3 Å². The second kappa shape index (κ2) is 7.34. The third-order valence-electron chi connectivity index (χ3n) is 4.45. The molecule has 1 aromatic carbocycles. The van der Waals surface area contributed by atoms with Crippen molar-refractivity contribution >= 4 is 11.7 Å². The number of anilines is 1. The lowest BCUT2D eigenvalue weighted by Crippen LogP contribution is -2.33. The van der Waals surface area contributed by atoms with Crippen LogP contribution in [0.2, 0.25) is 0 Å². The summed E-state index contributed by atoms with van der Waals surface area (Å²) >= 11 is 0. The fourth-order valence-corrected chi connectivity index (χ4v) is 3.11. The molecule has 24 heavy (non-hydrogen) atoms. The van der Waals surface area contributed by atoms with Crippen molar-refractivity contribution in [1.29, 1.82) is 0 Å². The van der Waals surface area contributed by atoms with Crippen LogP contribution in [0.5, 0.6) is 5.88 Å². The lowest BCUT2D eigenvalue weighted by atomic mass is 9.99. The summed E-state index contributed by atoms with van der Waals surface area (Å²) in [7, 11) is 1.58. The molecule has 1 saturated heterocycles. The summed E-state index contributed by atoms with van der Waals surface area (Å²) in [5, 5.41) is 2.96. The highest BCUT2D eigenvalue weighted by Crippen LogP contribution is 2.23. The Kier molecular flexibility index (Phi) is 4.99. The maximum absolute atomic E-state index is 12.5. The van der Waals surface area contributed by atoms with E-state index < -0.39 is 0 Å². The predicted octanol–water partition coefficient (Wildman–Crippen LogP) is 3.50. The van der Waals surface area contributed by atoms with Crippen LogP contribution in [0.4, 0.5) is 10.5 Å². The van der Waals surface area contributed by atoms with Gasteiger partial charge in [0, 0.05) is 19.2 Å². The predicted molar refractivity (Wildman–Crippen MR) is 94.4 cm³/mol. The lowest BCUT2D eigenvalue weighted by molar-refractivity contribution is 0.220. The van der Waals surface area contributed by atoms with Gasteiger partial charge in [0.1, 0.15) is 0 Å². The number of aryl methyl sites for hydroxylation is 1. The Hall–Kier alpha value is -2.56. The number of rotatable bonds is 4. The highest BCUT2D eigenvalue weighted by atomic mass is 16.5. The Morgan fingerprint density at radius 3 is 2.79 bits per heavy atom. The number of carbonyl (C=O) groups excluding carboxylic acids is 1. The van der Waals surface area contributed by atoms with Crippen molar-refractivity contribution in [2.24, 2.45) is 5.92 Å². The zero-order chi connectivity index (χ0) is 16.9. The van der Waals surface area contributed by atoms with Crippen LogP contribution in [0, 0.1) is 12.8 Å². The van der Waals surface area contributed by atoms with Crippen LogP contribution in [-0.2, 0) is 6.42 Å². The normalized spacial score (nSPS) is 16.9. The first-order valence-electron chi connectivity index (χ1n) is 8.27. The molecule has 1 aromatic heterocycles. The molecule has 126 valence electrons. The molecule has 0 radical (unpaired) electrons. The first kappa shape index (κ1) is 16.3. The van der Waals surface area contributed by atoms with Crippen molar-refractivity contribution in [2.45, 2.75) is 19.8 Å². The summed E-state index contributed by atoms with van der Waals surface area (Å²) in [5.74, 6) is 1.07. The van der Waals surface area contributed by atoms with Gasteiger partial charge in [0.15, 0.2) is 0 Å². The number of aromatic nitrogens is 1. The van der Waals surface area contributed by atoms with Crippen LogP contribution >= 0.6 is 0 Å². The van der Waals surface area contributed by atoms with Gasteiger partial charge in [-0.3, -0.25) is 0 Å². The number of amides is 2. The molecule has 1 atom stereocenters. The molecule has 1 aliphatic heterocycles. The smallest absolute Gasteiger partial charge is 0.321 e. The minimum Gasteiger partial charge on any atom is -0.481 e. The Morgan fingerprint density at radius 2 is 2.08 bits per heavy atom. The van der Waals surface area contributed by atoms with E-state index in [0.29, 0.717) is 11.8 Å². The van der Waals surface area contributed by atoms with Crippen molar-refractivity contribution in [1.82, 2.24) is 9.88 Å². The van der Waals surface area contributed by atoms with Crippen LogP contribution in [0.25, 0.3) is 0 Å². The van der Waals surface area contributed by atoms with E-state index in [9.17, 15) is 4.79 Å². The number of nitrogens with zero attached hydrogens (tertiary/aromatic N) is 2. The SMILES string of the molecule is COc1ccc(NC(=O)N2CCC(Cc3ccccc3)C2)c(C)n1. The molecule has 3 rings (SSSR count). The largest absolute Gasteiger partial charge is 0.481 e. The molecule has 0 bridgehead atoms. The van der Waals surface area contributed by atoms with Crippen LogP contribution < -0.4 is 10.1 Å². The maximum atomic E-state index is 12.5. The molecular formula is C19H23N3O2. The molecule has 2 heterocycles. The number of benzene rings is 1. The second-order valence-electron chi connectivity index (χ2n) is 6.21. The molecule has 2 aromatic rings. The minimum atomic E-state index is -0.0550. The van der Waals surface area contributed by atoms with Gasteiger partial charge in [-0.05, 0) is 37.3 Å². The van der Waals surface area contributed by atoms with Crippen molar-refractivity contribution in [3.63, 3.8) is 0 Å². The molecule has 2 amide bonds. The summed E-state index contributed by atoms with van der Waals surface area (Å²) in [6, 6.07) is 14.0. The molecule has 1 N–H and O–H groups in total. The number of pyridine rings is 1. The number of likely N-dealkylation sites (tertiary alicyclic amines) is 1. The van der Waals surface area contributed by atoms with Gasteiger partial charge in [0.25, 0.3) is 0 Å². The van der Waals surface area contributed by atoms with E-state index in [1.165, 1.54) is 5.56 Å². The molecular weight excluding hydrogens is 302 g/mol. The number of hydrogen-bond acceptors (Lipinski definition) is 3. The number of ether oxygens (including phenoxy) is 1. The van der Waals surface area contributed by atoms with E-state index in [1.54, 1.807) is 13.2 Å². The topological polar surface area (TPSA) is 54.5 Å². The molecule has 0 spiro atoms. The minimum absolute atomic E-state index is 0.0550. The quantitative estimate of drug-likeness (QED) is 0.936. The van der Waals surface area contributed by atoms with Crippen molar-refractivity contribution in [3.05, 3.63) is 53.7 Å². The molecule has 1 aliphatic rings. The first-order valence-corrected chi connectivity index (χ1v) is 8.27. The monoisotopic (exact) mass is 325 g/mol. The Balaban J connectivity index is 1.56. The van der Waals surface area contributed by atoms with Crippen LogP contribution in [-0.4, -0.2) is 36.1 Å². The van der Waals surface area contributed by atoms with Gasteiger partial charge in [-0.2, -0.15) is 0 Å². The average molecular weight is 325 g/mol. The highest BCUT2D eigenvalue weighted by molar-refractivity contribution is 5.90. The van der Waals surface area contributed by atoms with Gasteiger partial charge in [-0.15, -0.1) is 0 Å². The number of nitrogens with one attached hydrogen (secondary N) is 1. The Labute approximate surface area is 142 Å². The Bertz CT molecular complexity index is 703.